The Kier molecular flexibility index (Phi) is 5.83. The van der Waals surface area contributed by atoms with Crippen LogP contribution in [0.1, 0.15) is 57.3 Å². The maximum absolute atomic E-state index is 11.4. The van der Waals surface area contributed by atoms with Crippen LogP contribution >= 0.6 is 0 Å². The summed E-state index contributed by atoms with van der Waals surface area (Å²) >= 11 is 0. The van der Waals surface area contributed by atoms with Crippen molar-refractivity contribution in [2.45, 2.75) is 52.1 Å². The van der Waals surface area contributed by atoms with E-state index in [0.717, 1.165) is 19.3 Å². The van der Waals surface area contributed by atoms with Crippen molar-refractivity contribution < 1.29 is 14.1 Å². The number of carbonyl (C=O) groups is 1. The summed E-state index contributed by atoms with van der Waals surface area (Å²) in [6, 6.07) is 0. The van der Waals surface area contributed by atoms with Gasteiger partial charge in [0.25, 0.3) is 0 Å². The van der Waals surface area contributed by atoms with Gasteiger partial charge in [-0.1, -0.05) is 25.4 Å². The Hall–Kier alpha value is -1.23. The second-order valence-corrected chi connectivity index (χ2v) is 4.02. The fourth-order valence-corrected chi connectivity index (χ4v) is 1.62. The van der Waals surface area contributed by atoms with Crippen molar-refractivity contribution in [2.75, 3.05) is 7.11 Å². The lowest BCUT2D eigenvalue weighted by Crippen LogP contribution is -2.05. The Labute approximate surface area is 102 Å². The molecule has 0 aliphatic rings. The highest BCUT2D eigenvalue weighted by atomic mass is 16.5. The van der Waals surface area contributed by atoms with E-state index in [9.17, 15) is 4.79 Å². The third-order valence-corrected chi connectivity index (χ3v) is 2.48. The molecule has 0 aromatic carbocycles. The molecule has 0 spiro atoms. The largest absolute Gasteiger partial charge is 0.373 e. The van der Waals surface area contributed by atoms with Gasteiger partial charge in [0, 0.05) is 13.5 Å². The van der Waals surface area contributed by atoms with Crippen LogP contribution in [0.15, 0.2) is 4.52 Å². The number of hydrogen-bond donors (Lipinski definition) is 0. The molecule has 1 aromatic heterocycles. The number of carbonyl (C=O) groups excluding carboxylic acids is 1. The molecule has 5 nitrogen and oxygen atoms in total. The first-order valence-corrected chi connectivity index (χ1v) is 6.08. The molecule has 0 N–H and O–H groups in total. The molecule has 1 unspecified atom stereocenters. The number of ether oxygens (including phenoxy) is 1. The zero-order valence-electron chi connectivity index (χ0n) is 10.7. The molecule has 0 saturated heterocycles. The lowest BCUT2D eigenvalue weighted by molar-refractivity contribution is -0.118. The molecule has 1 atom stereocenters. The minimum atomic E-state index is -0.140. The summed E-state index contributed by atoms with van der Waals surface area (Å²) in [6.45, 7) is 4.04. The molecule has 0 saturated carbocycles. The van der Waals surface area contributed by atoms with E-state index in [-0.39, 0.29) is 18.3 Å². The summed E-state index contributed by atoms with van der Waals surface area (Å²) in [4.78, 5) is 15.6. The highest BCUT2D eigenvalue weighted by molar-refractivity contribution is 5.79. The Morgan fingerprint density at radius 1 is 1.41 bits per heavy atom. The normalized spacial score (nSPS) is 12.6. The van der Waals surface area contributed by atoms with Crippen molar-refractivity contribution in [1.82, 2.24) is 10.1 Å². The van der Waals surface area contributed by atoms with Crippen molar-refractivity contribution in [3.05, 3.63) is 11.7 Å². The Morgan fingerprint density at radius 3 is 2.76 bits per heavy atom. The average molecular weight is 240 g/mol. The maximum Gasteiger partial charge on any atom is 0.234 e. The maximum atomic E-state index is 11.4. The summed E-state index contributed by atoms with van der Waals surface area (Å²) in [5.74, 6) is 1.05. The summed E-state index contributed by atoms with van der Waals surface area (Å²) in [5, 5.41) is 3.86. The Bertz CT molecular complexity index is 349. The van der Waals surface area contributed by atoms with Crippen molar-refractivity contribution in [1.29, 1.82) is 0 Å². The fraction of sp³-hybridized carbons (Fsp3) is 0.750. The zero-order chi connectivity index (χ0) is 12.7. The van der Waals surface area contributed by atoms with E-state index < -0.39 is 0 Å². The molecule has 0 radical (unpaired) electrons. The molecule has 96 valence electrons. The van der Waals surface area contributed by atoms with Gasteiger partial charge < -0.3 is 9.26 Å². The van der Waals surface area contributed by atoms with Gasteiger partial charge in [0.1, 0.15) is 11.9 Å². The second kappa shape index (κ2) is 7.17. The van der Waals surface area contributed by atoms with E-state index in [2.05, 4.69) is 17.1 Å². The molecule has 0 amide bonds. The topological polar surface area (TPSA) is 65.2 Å². The number of aromatic nitrogens is 2. The van der Waals surface area contributed by atoms with Gasteiger partial charge >= 0.3 is 0 Å². The highest BCUT2D eigenvalue weighted by Gasteiger charge is 2.18. The van der Waals surface area contributed by atoms with E-state index in [4.69, 9.17) is 9.26 Å². The van der Waals surface area contributed by atoms with Crippen LogP contribution in [0.3, 0.4) is 0 Å². The molecule has 0 aliphatic carbocycles. The predicted molar refractivity (Wildman–Crippen MR) is 62.6 cm³/mol. The van der Waals surface area contributed by atoms with E-state index >= 15 is 0 Å². The molecule has 1 rings (SSSR count). The van der Waals surface area contributed by atoms with Gasteiger partial charge in [0.15, 0.2) is 0 Å². The van der Waals surface area contributed by atoms with Gasteiger partial charge in [-0.05, 0) is 12.8 Å². The Balaban J connectivity index is 2.60. The quantitative estimate of drug-likeness (QED) is 0.698. The number of nitrogens with zero attached hydrogens (tertiary/aromatic N) is 2. The van der Waals surface area contributed by atoms with Crippen LogP contribution in [0.2, 0.25) is 0 Å². The van der Waals surface area contributed by atoms with Gasteiger partial charge in [0.05, 0.1) is 6.42 Å². The molecule has 0 bridgehead atoms. The van der Waals surface area contributed by atoms with Gasteiger partial charge in [-0.2, -0.15) is 4.98 Å². The van der Waals surface area contributed by atoms with Gasteiger partial charge in [-0.25, -0.2) is 0 Å². The van der Waals surface area contributed by atoms with Crippen molar-refractivity contribution >= 4 is 5.78 Å². The van der Waals surface area contributed by atoms with Gasteiger partial charge in [0.2, 0.25) is 11.7 Å². The van der Waals surface area contributed by atoms with Gasteiger partial charge in [-0.15, -0.1) is 0 Å². The van der Waals surface area contributed by atoms with E-state index in [1.165, 1.54) is 0 Å². The highest BCUT2D eigenvalue weighted by Crippen LogP contribution is 2.19. The molecule has 17 heavy (non-hydrogen) atoms. The van der Waals surface area contributed by atoms with Crippen LogP contribution in [0.5, 0.6) is 0 Å². The minimum absolute atomic E-state index is 0.132. The smallest absolute Gasteiger partial charge is 0.234 e. The third kappa shape index (κ3) is 4.26. The van der Waals surface area contributed by atoms with Crippen LogP contribution in [0.25, 0.3) is 0 Å². The number of rotatable bonds is 8. The molecule has 5 heteroatoms. The molecule has 0 fully saturated rings. The van der Waals surface area contributed by atoms with Crippen molar-refractivity contribution in [3.8, 4) is 0 Å². The number of hydrogen-bond acceptors (Lipinski definition) is 5. The summed E-state index contributed by atoms with van der Waals surface area (Å²) in [5.41, 5.74) is 0. The number of ketones is 1. The lowest BCUT2D eigenvalue weighted by Gasteiger charge is -2.08. The second-order valence-electron chi connectivity index (χ2n) is 4.02. The summed E-state index contributed by atoms with van der Waals surface area (Å²) in [7, 11) is 1.62. The SMILES string of the molecule is CCCC(=O)Cc1nc(C(CCC)OC)no1. The third-order valence-electron chi connectivity index (χ3n) is 2.48. The number of Topliss-reactive ketones (excluding diaryl/α,β-unsaturated/α-hetero) is 1. The van der Waals surface area contributed by atoms with Gasteiger partial charge in [-0.3, -0.25) is 4.79 Å². The molecular formula is C12H20N2O3. The average Bonchev–Trinajstić information content (AvgIpc) is 2.74. The van der Waals surface area contributed by atoms with Crippen LogP contribution in [-0.2, 0) is 16.0 Å². The van der Waals surface area contributed by atoms with E-state index in [1.54, 1.807) is 7.11 Å². The summed E-state index contributed by atoms with van der Waals surface area (Å²) < 4.78 is 10.3. The lowest BCUT2D eigenvalue weighted by atomic mass is 10.2. The Morgan fingerprint density at radius 2 is 2.18 bits per heavy atom. The molecule has 0 aliphatic heterocycles. The minimum Gasteiger partial charge on any atom is -0.373 e. The summed E-state index contributed by atoms with van der Waals surface area (Å²) in [6.07, 6.45) is 3.31. The first-order chi connectivity index (χ1) is 8.21. The molecule has 1 heterocycles. The predicted octanol–water partition coefficient (Wildman–Crippen LogP) is 2.47. The van der Waals surface area contributed by atoms with E-state index in [0.29, 0.717) is 18.1 Å². The molecule has 1 aromatic rings. The van der Waals surface area contributed by atoms with E-state index in [1.807, 2.05) is 6.92 Å². The van der Waals surface area contributed by atoms with Crippen LogP contribution in [0.4, 0.5) is 0 Å². The first kappa shape index (κ1) is 13.8. The van der Waals surface area contributed by atoms with Crippen LogP contribution < -0.4 is 0 Å². The fourth-order valence-electron chi connectivity index (χ4n) is 1.62. The van der Waals surface area contributed by atoms with Crippen molar-refractivity contribution in [2.24, 2.45) is 0 Å². The standard InChI is InChI=1S/C12H20N2O3/c1-4-6-9(15)8-11-13-12(14-17-11)10(16-3)7-5-2/h10H,4-8H2,1-3H3. The van der Waals surface area contributed by atoms with Crippen molar-refractivity contribution in [3.63, 3.8) is 0 Å². The van der Waals surface area contributed by atoms with Crippen LogP contribution in [-0.4, -0.2) is 23.0 Å². The molecular weight excluding hydrogens is 220 g/mol. The monoisotopic (exact) mass is 240 g/mol. The number of methoxy groups -OCH3 is 1. The van der Waals surface area contributed by atoms with Crippen LogP contribution in [0, 0.1) is 0 Å². The first-order valence-electron chi connectivity index (χ1n) is 6.08. The zero-order valence-corrected chi connectivity index (χ0v) is 10.7.